The second-order valence-electron chi connectivity index (χ2n) is 7.94. The number of nitrogens with one attached hydrogen (secondary N) is 2. The third-order valence-electron chi connectivity index (χ3n) is 4.85. The Labute approximate surface area is 148 Å². The van der Waals surface area contributed by atoms with Gasteiger partial charge in [0.2, 0.25) is 5.91 Å². The second-order valence-corrected chi connectivity index (χ2v) is 7.94. The van der Waals surface area contributed by atoms with E-state index in [4.69, 9.17) is 0 Å². The summed E-state index contributed by atoms with van der Waals surface area (Å²) in [6, 6.07) is 6.82. The molecule has 132 valence electrons. The number of hydrazone groups is 1. The average molecular weight is 339 g/mol. The van der Waals surface area contributed by atoms with Gasteiger partial charge in [-0.1, -0.05) is 32.9 Å². The number of carbonyl (C=O) groups is 2. The molecule has 0 aromatic heterocycles. The molecule has 0 heterocycles. The summed E-state index contributed by atoms with van der Waals surface area (Å²) in [6.07, 6.45) is 8.75. The summed E-state index contributed by atoms with van der Waals surface area (Å²) in [5.41, 5.74) is 3.32. The van der Waals surface area contributed by atoms with Crippen LogP contribution in [0.15, 0.2) is 41.5 Å². The maximum absolute atomic E-state index is 12.1. The molecule has 1 saturated carbocycles. The SMILES string of the molecule is CC(C)(C)C(=O)Nc1ccc(C(=O)N/N=C\[C@@H]2C[C@H]3C=C[C@H]2C3)cc1. The zero-order valence-electron chi connectivity index (χ0n) is 15.0. The van der Waals surface area contributed by atoms with Crippen LogP contribution in [-0.2, 0) is 4.79 Å². The Balaban J connectivity index is 1.52. The van der Waals surface area contributed by atoms with Gasteiger partial charge < -0.3 is 5.32 Å². The average Bonchev–Trinajstić information content (AvgIpc) is 3.17. The van der Waals surface area contributed by atoms with Crippen LogP contribution >= 0.6 is 0 Å². The van der Waals surface area contributed by atoms with Crippen molar-refractivity contribution in [2.45, 2.75) is 33.6 Å². The predicted octanol–water partition coefficient (Wildman–Crippen LogP) is 3.60. The minimum absolute atomic E-state index is 0.0609. The molecule has 1 aromatic rings. The van der Waals surface area contributed by atoms with Gasteiger partial charge in [0.1, 0.15) is 0 Å². The van der Waals surface area contributed by atoms with Gasteiger partial charge in [-0.25, -0.2) is 5.43 Å². The molecule has 5 nitrogen and oxygen atoms in total. The summed E-state index contributed by atoms with van der Waals surface area (Å²) in [5, 5.41) is 6.96. The number of nitrogens with zero attached hydrogens (tertiary/aromatic N) is 1. The van der Waals surface area contributed by atoms with Crippen molar-refractivity contribution in [3.63, 3.8) is 0 Å². The van der Waals surface area contributed by atoms with Crippen LogP contribution in [0.1, 0.15) is 44.0 Å². The van der Waals surface area contributed by atoms with Crippen molar-refractivity contribution >= 4 is 23.7 Å². The molecule has 0 unspecified atom stereocenters. The smallest absolute Gasteiger partial charge is 0.271 e. The Morgan fingerprint density at radius 1 is 1.12 bits per heavy atom. The number of fused-ring (bicyclic) bond motifs is 2. The van der Waals surface area contributed by atoms with E-state index in [1.54, 1.807) is 24.3 Å². The van der Waals surface area contributed by atoms with Gasteiger partial charge in [0.15, 0.2) is 0 Å². The largest absolute Gasteiger partial charge is 0.326 e. The molecule has 0 spiro atoms. The second kappa shape index (κ2) is 6.82. The summed E-state index contributed by atoms with van der Waals surface area (Å²) >= 11 is 0. The molecule has 0 radical (unpaired) electrons. The molecule has 2 amide bonds. The minimum atomic E-state index is -0.459. The Kier molecular flexibility index (Phi) is 4.75. The third kappa shape index (κ3) is 4.16. The number of hydrogen-bond acceptors (Lipinski definition) is 3. The molecular weight excluding hydrogens is 314 g/mol. The number of amides is 2. The Bertz CT molecular complexity index is 713. The number of allylic oxidation sites excluding steroid dienone is 2. The third-order valence-corrected chi connectivity index (χ3v) is 4.85. The lowest BCUT2D eigenvalue weighted by Crippen LogP contribution is -2.27. The van der Waals surface area contributed by atoms with Crippen molar-refractivity contribution in [1.82, 2.24) is 5.43 Å². The summed E-state index contributed by atoms with van der Waals surface area (Å²) in [6.45, 7) is 5.57. The first-order valence-electron chi connectivity index (χ1n) is 8.76. The van der Waals surface area contributed by atoms with E-state index in [-0.39, 0.29) is 11.8 Å². The van der Waals surface area contributed by atoms with E-state index in [2.05, 4.69) is 28.0 Å². The van der Waals surface area contributed by atoms with Crippen LogP contribution in [0.3, 0.4) is 0 Å². The topological polar surface area (TPSA) is 70.6 Å². The van der Waals surface area contributed by atoms with E-state index in [0.29, 0.717) is 29.0 Å². The Morgan fingerprint density at radius 2 is 1.84 bits per heavy atom. The lowest BCUT2D eigenvalue weighted by Gasteiger charge is -2.17. The number of carbonyl (C=O) groups excluding carboxylic acids is 2. The van der Waals surface area contributed by atoms with Gasteiger partial charge in [0, 0.05) is 28.8 Å². The molecule has 3 atom stereocenters. The monoisotopic (exact) mass is 339 g/mol. The van der Waals surface area contributed by atoms with Crippen molar-refractivity contribution in [2.24, 2.45) is 28.3 Å². The van der Waals surface area contributed by atoms with E-state index >= 15 is 0 Å². The van der Waals surface area contributed by atoms with Gasteiger partial charge >= 0.3 is 0 Å². The minimum Gasteiger partial charge on any atom is -0.326 e. The number of rotatable bonds is 4. The van der Waals surface area contributed by atoms with Crippen molar-refractivity contribution in [1.29, 1.82) is 0 Å². The molecule has 0 aliphatic heterocycles. The first-order chi connectivity index (χ1) is 11.8. The highest BCUT2D eigenvalue weighted by Gasteiger charge is 2.34. The van der Waals surface area contributed by atoms with E-state index in [1.807, 2.05) is 27.0 Å². The van der Waals surface area contributed by atoms with Gasteiger partial charge in [-0.3, -0.25) is 9.59 Å². The molecule has 25 heavy (non-hydrogen) atoms. The zero-order valence-corrected chi connectivity index (χ0v) is 15.0. The highest BCUT2D eigenvalue weighted by Crippen LogP contribution is 2.42. The maximum atomic E-state index is 12.1. The van der Waals surface area contributed by atoms with Gasteiger partial charge in [-0.05, 0) is 48.9 Å². The predicted molar refractivity (Wildman–Crippen MR) is 99.3 cm³/mol. The number of benzene rings is 1. The van der Waals surface area contributed by atoms with Crippen LogP contribution in [0.4, 0.5) is 5.69 Å². The Hall–Kier alpha value is -2.43. The van der Waals surface area contributed by atoms with Crippen LogP contribution in [0.5, 0.6) is 0 Å². The van der Waals surface area contributed by atoms with Crippen LogP contribution in [-0.4, -0.2) is 18.0 Å². The molecule has 2 N–H and O–H groups in total. The van der Waals surface area contributed by atoms with Gasteiger partial charge in [-0.15, -0.1) is 0 Å². The van der Waals surface area contributed by atoms with Gasteiger partial charge in [-0.2, -0.15) is 5.10 Å². The molecule has 3 rings (SSSR count). The number of hydrogen-bond donors (Lipinski definition) is 2. The first kappa shape index (κ1) is 17.4. The van der Waals surface area contributed by atoms with E-state index in [0.717, 1.165) is 6.42 Å². The molecule has 2 bridgehead atoms. The molecule has 2 aliphatic carbocycles. The summed E-state index contributed by atoms with van der Waals surface area (Å²) in [4.78, 5) is 24.1. The first-order valence-corrected chi connectivity index (χ1v) is 8.76. The highest BCUT2D eigenvalue weighted by molar-refractivity contribution is 5.97. The maximum Gasteiger partial charge on any atom is 0.271 e. The fraction of sp³-hybridized carbons (Fsp3) is 0.450. The van der Waals surface area contributed by atoms with Gasteiger partial charge in [0.05, 0.1) is 0 Å². The summed E-state index contributed by atoms with van der Waals surface area (Å²) in [7, 11) is 0. The van der Waals surface area contributed by atoms with Gasteiger partial charge in [0.25, 0.3) is 5.91 Å². The summed E-state index contributed by atoms with van der Waals surface area (Å²) in [5.74, 6) is 1.40. The van der Waals surface area contributed by atoms with Crippen LogP contribution < -0.4 is 10.7 Å². The fourth-order valence-corrected chi connectivity index (χ4v) is 3.27. The quantitative estimate of drug-likeness (QED) is 0.500. The molecule has 0 saturated heterocycles. The van der Waals surface area contributed by atoms with Crippen molar-refractivity contribution < 1.29 is 9.59 Å². The van der Waals surface area contributed by atoms with Crippen molar-refractivity contribution in [2.75, 3.05) is 5.32 Å². The lowest BCUT2D eigenvalue weighted by atomic mass is 9.95. The van der Waals surface area contributed by atoms with Crippen LogP contribution in [0.2, 0.25) is 0 Å². The lowest BCUT2D eigenvalue weighted by molar-refractivity contribution is -0.123. The normalized spacial score (nSPS) is 24.7. The molecule has 2 aliphatic rings. The van der Waals surface area contributed by atoms with Crippen LogP contribution in [0.25, 0.3) is 0 Å². The van der Waals surface area contributed by atoms with E-state index < -0.39 is 5.41 Å². The zero-order chi connectivity index (χ0) is 18.0. The molecule has 1 fully saturated rings. The van der Waals surface area contributed by atoms with E-state index in [9.17, 15) is 9.59 Å². The molecular formula is C20H25N3O2. The van der Waals surface area contributed by atoms with Crippen molar-refractivity contribution in [3.05, 3.63) is 42.0 Å². The summed E-state index contributed by atoms with van der Waals surface area (Å²) < 4.78 is 0. The van der Waals surface area contributed by atoms with E-state index in [1.165, 1.54) is 6.42 Å². The Morgan fingerprint density at radius 3 is 2.40 bits per heavy atom. The standard InChI is InChI=1S/C20H25N3O2/c1-20(2,3)19(25)22-17-8-6-14(7-9-17)18(24)23-21-12-16-11-13-4-5-15(16)10-13/h4-9,12-13,15-16H,10-11H2,1-3H3,(H,22,25)(H,23,24)/b21-12-/t13-,15-,16-/m0/s1. The van der Waals surface area contributed by atoms with Crippen LogP contribution in [0, 0.1) is 23.2 Å². The van der Waals surface area contributed by atoms with Crippen molar-refractivity contribution in [3.8, 4) is 0 Å². The number of anilines is 1. The fourth-order valence-electron chi connectivity index (χ4n) is 3.27. The highest BCUT2D eigenvalue weighted by atomic mass is 16.2. The molecule has 5 heteroatoms. The molecule has 1 aromatic carbocycles.